The van der Waals surface area contributed by atoms with Gasteiger partial charge in [0.2, 0.25) is 5.91 Å². The summed E-state index contributed by atoms with van der Waals surface area (Å²) in [6.07, 6.45) is 1.01. The second-order valence-corrected chi connectivity index (χ2v) is 5.64. The van der Waals surface area contributed by atoms with Gasteiger partial charge in [0.15, 0.2) is 0 Å². The molecule has 6 nitrogen and oxygen atoms in total. The quantitative estimate of drug-likeness (QED) is 0.821. The Bertz CT molecular complexity index is 962. The van der Waals surface area contributed by atoms with Gasteiger partial charge in [-0.1, -0.05) is 6.07 Å². The van der Waals surface area contributed by atoms with Gasteiger partial charge in [0, 0.05) is 22.9 Å². The lowest BCUT2D eigenvalue weighted by Gasteiger charge is -2.16. The number of rotatable bonds is 4. The van der Waals surface area contributed by atoms with Gasteiger partial charge in [0.1, 0.15) is 17.3 Å². The molecule has 0 aliphatic carbocycles. The molecule has 132 valence electrons. The number of anilines is 2. The zero-order valence-corrected chi connectivity index (χ0v) is 13.5. The van der Waals surface area contributed by atoms with Crippen molar-refractivity contribution in [2.75, 3.05) is 10.2 Å². The Labute approximate surface area is 146 Å². The maximum atomic E-state index is 13.6. The van der Waals surface area contributed by atoms with Crippen LogP contribution in [0, 0.1) is 18.6 Å². The summed E-state index contributed by atoms with van der Waals surface area (Å²) in [5.74, 6) is -3.65. The molecule has 3 N–H and O–H groups in total. The Morgan fingerprint density at radius 1 is 1.12 bits per heavy atom. The van der Waals surface area contributed by atoms with Crippen LogP contribution < -0.4 is 16.0 Å². The smallest absolute Gasteiger partial charge is 0.281 e. The number of nitrogens with two attached hydrogens (primary N) is 1. The Balaban J connectivity index is 1.88. The van der Waals surface area contributed by atoms with E-state index in [0.29, 0.717) is 0 Å². The number of carbonyl (C=O) groups excluding carboxylic acids is 3. The Morgan fingerprint density at radius 2 is 1.77 bits per heavy atom. The van der Waals surface area contributed by atoms with E-state index in [-0.39, 0.29) is 28.2 Å². The number of benzene rings is 2. The van der Waals surface area contributed by atoms with Gasteiger partial charge in [-0.25, -0.2) is 13.7 Å². The van der Waals surface area contributed by atoms with Crippen LogP contribution in [0.25, 0.3) is 0 Å². The zero-order valence-electron chi connectivity index (χ0n) is 13.5. The molecule has 0 fully saturated rings. The summed E-state index contributed by atoms with van der Waals surface area (Å²) < 4.78 is 27.3. The molecule has 0 bridgehead atoms. The van der Waals surface area contributed by atoms with E-state index in [1.54, 1.807) is 0 Å². The number of nitrogens with one attached hydrogen (secondary N) is 1. The Morgan fingerprint density at radius 3 is 2.38 bits per heavy atom. The van der Waals surface area contributed by atoms with Gasteiger partial charge in [0.25, 0.3) is 11.8 Å². The highest BCUT2D eigenvalue weighted by molar-refractivity contribution is 6.31. The minimum atomic E-state index is -0.782. The van der Waals surface area contributed by atoms with Crippen molar-refractivity contribution in [3.8, 4) is 0 Å². The van der Waals surface area contributed by atoms with Crippen LogP contribution in [0.4, 0.5) is 20.2 Å². The van der Waals surface area contributed by atoms with Crippen LogP contribution in [0.2, 0.25) is 0 Å². The topological polar surface area (TPSA) is 92.5 Å². The maximum Gasteiger partial charge on any atom is 0.281 e. The molecule has 0 aromatic heterocycles. The second kappa shape index (κ2) is 6.40. The van der Waals surface area contributed by atoms with Crippen LogP contribution in [0.1, 0.15) is 15.9 Å². The molecule has 0 atom stereocenters. The van der Waals surface area contributed by atoms with Crippen LogP contribution in [-0.4, -0.2) is 17.7 Å². The molecule has 26 heavy (non-hydrogen) atoms. The molecule has 0 saturated heterocycles. The second-order valence-electron chi connectivity index (χ2n) is 5.64. The summed E-state index contributed by atoms with van der Waals surface area (Å²) in [6.45, 7) is 1.28. The molecule has 0 unspecified atom stereocenters. The van der Waals surface area contributed by atoms with Crippen molar-refractivity contribution in [1.29, 1.82) is 0 Å². The van der Waals surface area contributed by atoms with Crippen molar-refractivity contribution >= 4 is 29.1 Å². The fraction of sp³-hybridized carbons (Fsp3) is 0.0556. The standard InChI is InChI=1S/C18H13F2N3O3/c1-9-13(19)6-11(7-14(9)20)22-15-8-16(24)23(18(15)26)12-4-2-3-10(5-12)17(21)25/h2-8,22H,1H3,(H2,21,25). The van der Waals surface area contributed by atoms with Crippen molar-refractivity contribution in [3.63, 3.8) is 0 Å². The van der Waals surface area contributed by atoms with Gasteiger partial charge in [-0.2, -0.15) is 0 Å². The van der Waals surface area contributed by atoms with Gasteiger partial charge in [0.05, 0.1) is 5.69 Å². The fourth-order valence-corrected chi connectivity index (χ4v) is 2.48. The molecule has 2 aromatic rings. The molecule has 0 saturated carbocycles. The summed E-state index contributed by atoms with van der Waals surface area (Å²) in [5.41, 5.74) is 5.18. The third-order valence-electron chi connectivity index (χ3n) is 3.87. The molecule has 3 amide bonds. The molecular weight excluding hydrogens is 344 g/mol. The minimum absolute atomic E-state index is 0.00858. The van der Waals surface area contributed by atoms with E-state index < -0.39 is 29.4 Å². The summed E-state index contributed by atoms with van der Waals surface area (Å²) in [6, 6.07) is 7.73. The summed E-state index contributed by atoms with van der Waals surface area (Å²) >= 11 is 0. The molecule has 2 aromatic carbocycles. The van der Waals surface area contributed by atoms with Crippen LogP contribution in [-0.2, 0) is 9.59 Å². The lowest BCUT2D eigenvalue weighted by molar-refractivity contribution is -0.120. The summed E-state index contributed by atoms with van der Waals surface area (Å²) in [5, 5.41) is 2.54. The third kappa shape index (κ3) is 3.04. The van der Waals surface area contributed by atoms with E-state index in [4.69, 9.17) is 5.73 Å². The lowest BCUT2D eigenvalue weighted by atomic mass is 10.2. The van der Waals surface area contributed by atoms with E-state index in [0.717, 1.165) is 23.1 Å². The number of carbonyl (C=O) groups is 3. The molecule has 1 heterocycles. The number of nitrogens with zero attached hydrogens (tertiary/aromatic N) is 1. The highest BCUT2D eigenvalue weighted by atomic mass is 19.1. The molecule has 1 aliphatic rings. The molecule has 1 aliphatic heterocycles. The Hall–Kier alpha value is -3.55. The first-order valence-corrected chi connectivity index (χ1v) is 7.50. The number of hydrogen-bond donors (Lipinski definition) is 2. The minimum Gasteiger partial charge on any atom is -0.366 e. The van der Waals surface area contributed by atoms with E-state index in [1.807, 2.05) is 0 Å². The van der Waals surface area contributed by atoms with Crippen LogP contribution >= 0.6 is 0 Å². The lowest BCUT2D eigenvalue weighted by Crippen LogP contribution is -2.32. The van der Waals surface area contributed by atoms with Crippen LogP contribution in [0.3, 0.4) is 0 Å². The van der Waals surface area contributed by atoms with Crippen LogP contribution in [0.5, 0.6) is 0 Å². The number of halogens is 2. The first kappa shape index (κ1) is 17.3. The van der Waals surface area contributed by atoms with Crippen molar-refractivity contribution in [2.24, 2.45) is 5.73 Å². The van der Waals surface area contributed by atoms with Crippen LogP contribution in [0.15, 0.2) is 48.2 Å². The van der Waals surface area contributed by atoms with Gasteiger partial charge in [-0.3, -0.25) is 14.4 Å². The normalized spacial score (nSPS) is 13.8. The third-order valence-corrected chi connectivity index (χ3v) is 3.87. The summed E-state index contributed by atoms with van der Waals surface area (Å²) in [4.78, 5) is 36.8. The van der Waals surface area contributed by atoms with E-state index in [9.17, 15) is 23.2 Å². The van der Waals surface area contributed by atoms with Crippen molar-refractivity contribution in [2.45, 2.75) is 6.92 Å². The average Bonchev–Trinajstić information content (AvgIpc) is 2.86. The number of imide groups is 1. The monoisotopic (exact) mass is 357 g/mol. The van der Waals surface area contributed by atoms with Gasteiger partial charge in [-0.15, -0.1) is 0 Å². The van der Waals surface area contributed by atoms with Crippen molar-refractivity contribution in [3.05, 3.63) is 70.9 Å². The molecular formula is C18H13F2N3O3. The molecule has 0 spiro atoms. The summed E-state index contributed by atoms with van der Waals surface area (Å²) in [7, 11) is 0. The number of hydrogen-bond acceptors (Lipinski definition) is 4. The molecule has 8 heteroatoms. The number of amides is 3. The first-order valence-electron chi connectivity index (χ1n) is 7.50. The predicted molar refractivity (Wildman–Crippen MR) is 90.3 cm³/mol. The van der Waals surface area contributed by atoms with E-state index in [1.165, 1.54) is 31.2 Å². The van der Waals surface area contributed by atoms with Gasteiger partial charge < -0.3 is 11.1 Å². The predicted octanol–water partition coefficient (Wildman–Crippen LogP) is 2.24. The number of primary amides is 1. The highest BCUT2D eigenvalue weighted by Gasteiger charge is 2.33. The molecule has 0 radical (unpaired) electrons. The SMILES string of the molecule is Cc1c(F)cc(NC2=CC(=O)N(c3cccc(C(N)=O)c3)C2=O)cc1F. The largest absolute Gasteiger partial charge is 0.366 e. The van der Waals surface area contributed by atoms with E-state index >= 15 is 0 Å². The average molecular weight is 357 g/mol. The maximum absolute atomic E-state index is 13.6. The van der Waals surface area contributed by atoms with E-state index in [2.05, 4.69) is 5.32 Å². The van der Waals surface area contributed by atoms with Crippen molar-refractivity contribution in [1.82, 2.24) is 0 Å². The van der Waals surface area contributed by atoms with Crippen molar-refractivity contribution < 1.29 is 23.2 Å². The zero-order chi connectivity index (χ0) is 19.0. The van der Waals surface area contributed by atoms with Gasteiger partial charge >= 0.3 is 0 Å². The fourth-order valence-electron chi connectivity index (χ4n) is 2.48. The highest BCUT2D eigenvalue weighted by Crippen LogP contribution is 2.26. The Kier molecular flexibility index (Phi) is 4.25. The first-order chi connectivity index (χ1) is 12.3. The van der Waals surface area contributed by atoms with Gasteiger partial charge in [-0.05, 0) is 37.3 Å². The molecule has 3 rings (SSSR count).